The number of carbonyl (C=O) groups is 1. The standard InChI is InChI=1S/C27H31F3N4O4/c1-27(2,15-33-6-8-37-9-7-33)17-4-5-21-18(13-31-34(21)14-17)16-10-22(36-3)24(23(11-16)38-26(29)30)25(35)32-20-12-19(20)28/h4-5,10-11,13-14,19-20,26H,6-9,12,15H2,1-3H3,(H,32,35). The first-order chi connectivity index (χ1) is 18.2. The maximum atomic E-state index is 13.3. The topological polar surface area (TPSA) is 77.3 Å². The van der Waals surface area contributed by atoms with E-state index in [-0.39, 0.29) is 28.9 Å². The molecule has 1 aliphatic heterocycles. The molecule has 0 spiro atoms. The van der Waals surface area contributed by atoms with E-state index in [1.165, 1.54) is 13.2 Å². The van der Waals surface area contributed by atoms with Gasteiger partial charge in [0.2, 0.25) is 0 Å². The lowest BCUT2D eigenvalue weighted by Crippen LogP contribution is -2.43. The van der Waals surface area contributed by atoms with Gasteiger partial charge in [-0.25, -0.2) is 8.91 Å². The van der Waals surface area contributed by atoms with E-state index in [4.69, 9.17) is 14.2 Å². The highest BCUT2D eigenvalue weighted by atomic mass is 19.3. The van der Waals surface area contributed by atoms with Crippen LogP contribution >= 0.6 is 0 Å². The van der Waals surface area contributed by atoms with Crippen molar-refractivity contribution in [2.45, 2.75) is 44.5 Å². The molecule has 1 amide bonds. The van der Waals surface area contributed by atoms with Crippen LogP contribution in [0.4, 0.5) is 13.2 Å². The van der Waals surface area contributed by atoms with Crippen LogP contribution in [-0.2, 0) is 10.2 Å². The Morgan fingerprint density at radius 3 is 2.61 bits per heavy atom. The molecule has 11 heteroatoms. The average molecular weight is 533 g/mol. The van der Waals surface area contributed by atoms with Crippen LogP contribution in [0, 0.1) is 0 Å². The van der Waals surface area contributed by atoms with Crippen LogP contribution in [0.5, 0.6) is 11.5 Å². The van der Waals surface area contributed by atoms with Crippen LogP contribution in [0.3, 0.4) is 0 Å². The normalized spacial score (nSPS) is 20.1. The maximum absolute atomic E-state index is 13.3. The van der Waals surface area contributed by atoms with Crippen molar-refractivity contribution in [2.24, 2.45) is 0 Å². The maximum Gasteiger partial charge on any atom is 0.387 e. The van der Waals surface area contributed by atoms with Crippen LogP contribution in [0.1, 0.15) is 36.2 Å². The van der Waals surface area contributed by atoms with E-state index in [9.17, 15) is 18.0 Å². The fourth-order valence-corrected chi connectivity index (χ4v) is 4.89. The summed E-state index contributed by atoms with van der Waals surface area (Å²) in [5.41, 5.74) is 2.63. The van der Waals surface area contributed by atoms with E-state index >= 15 is 0 Å². The molecule has 1 saturated heterocycles. The molecule has 8 nitrogen and oxygen atoms in total. The fraction of sp³-hybridized carbons (Fsp3) is 0.481. The Kier molecular flexibility index (Phi) is 7.23. The summed E-state index contributed by atoms with van der Waals surface area (Å²) >= 11 is 0. The Balaban J connectivity index is 1.48. The number of nitrogens with zero attached hydrogens (tertiary/aromatic N) is 3. The zero-order valence-corrected chi connectivity index (χ0v) is 21.5. The zero-order chi connectivity index (χ0) is 27.0. The van der Waals surface area contributed by atoms with Gasteiger partial charge in [-0.15, -0.1) is 0 Å². The Labute approximate surface area is 218 Å². The Morgan fingerprint density at radius 2 is 1.95 bits per heavy atom. The lowest BCUT2D eigenvalue weighted by Gasteiger charge is -2.35. The van der Waals surface area contributed by atoms with Crippen LogP contribution in [-0.4, -0.2) is 79.2 Å². The average Bonchev–Trinajstić information content (AvgIpc) is 3.40. The molecule has 1 N–H and O–H groups in total. The Hall–Kier alpha value is -3.31. The number of pyridine rings is 1. The third-order valence-electron chi connectivity index (χ3n) is 7.09. The highest BCUT2D eigenvalue weighted by molar-refractivity contribution is 6.01. The minimum absolute atomic E-state index is 0.0364. The molecule has 38 heavy (non-hydrogen) atoms. The van der Waals surface area contributed by atoms with Crippen LogP contribution in [0.2, 0.25) is 0 Å². The fourth-order valence-electron chi connectivity index (χ4n) is 4.89. The lowest BCUT2D eigenvalue weighted by atomic mass is 9.85. The third kappa shape index (κ3) is 5.44. The van der Waals surface area contributed by atoms with E-state index in [2.05, 4.69) is 29.2 Å². The van der Waals surface area contributed by atoms with Crippen LogP contribution < -0.4 is 14.8 Å². The number of halogens is 3. The van der Waals surface area contributed by atoms with Crippen LogP contribution in [0.15, 0.2) is 36.7 Å². The molecule has 2 fully saturated rings. The number of carbonyl (C=O) groups excluding carboxylic acids is 1. The number of aromatic nitrogens is 2. The predicted molar refractivity (Wildman–Crippen MR) is 135 cm³/mol. The molecule has 1 aromatic carbocycles. The number of fused-ring (bicyclic) bond motifs is 1. The summed E-state index contributed by atoms with van der Waals surface area (Å²) < 4.78 is 57.3. The molecular weight excluding hydrogens is 501 g/mol. The van der Waals surface area contributed by atoms with Gasteiger partial charge in [0.05, 0.1) is 38.1 Å². The first kappa shape index (κ1) is 26.3. The van der Waals surface area contributed by atoms with Gasteiger partial charge in [0, 0.05) is 43.2 Å². The van der Waals surface area contributed by atoms with E-state index < -0.39 is 24.7 Å². The van der Waals surface area contributed by atoms with Crippen molar-refractivity contribution in [3.63, 3.8) is 0 Å². The summed E-state index contributed by atoms with van der Waals surface area (Å²) in [6, 6.07) is 6.26. The van der Waals surface area contributed by atoms with Gasteiger partial charge in [-0.2, -0.15) is 13.9 Å². The van der Waals surface area contributed by atoms with Gasteiger partial charge in [-0.3, -0.25) is 9.69 Å². The molecule has 204 valence electrons. The first-order valence-corrected chi connectivity index (χ1v) is 12.6. The van der Waals surface area contributed by atoms with Gasteiger partial charge >= 0.3 is 6.61 Å². The van der Waals surface area contributed by atoms with Gasteiger partial charge in [-0.05, 0) is 29.3 Å². The smallest absolute Gasteiger partial charge is 0.387 e. The van der Waals surface area contributed by atoms with Gasteiger partial charge in [0.1, 0.15) is 23.2 Å². The molecule has 3 heterocycles. The summed E-state index contributed by atoms with van der Waals surface area (Å²) in [6.07, 6.45) is 2.64. The molecule has 2 unspecified atom stereocenters. The molecule has 2 atom stereocenters. The number of hydrogen-bond acceptors (Lipinski definition) is 6. The number of morpholine rings is 1. The lowest BCUT2D eigenvalue weighted by molar-refractivity contribution is -0.0502. The number of alkyl halides is 3. The number of methoxy groups -OCH3 is 1. The molecule has 2 aliphatic rings. The summed E-state index contributed by atoms with van der Waals surface area (Å²) in [4.78, 5) is 15.2. The second kappa shape index (κ2) is 10.5. The van der Waals surface area contributed by atoms with E-state index in [0.717, 1.165) is 43.9 Å². The van der Waals surface area contributed by atoms with Gasteiger partial charge in [0.25, 0.3) is 5.91 Å². The molecule has 5 rings (SSSR count). The highest BCUT2D eigenvalue weighted by Crippen LogP contribution is 2.38. The quantitative estimate of drug-likeness (QED) is 0.448. The van der Waals surface area contributed by atoms with Crippen molar-refractivity contribution in [1.82, 2.24) is 19.8 Å². The van der Waals surface area contributed by atoms with E-state index in [1.807, 2.05) is 18.3 Å². The summed E-state index contributed by atoms with van der Waals surface area (Å²) in [6.45, 7) is 5.32. The third-order valence-corrected chi connectivity index (χ3v) is 7.09. The monoisotopic (exact) mass is 532 g/mol. The number of rotatable bonds is 9. The minimum Gasteiger partial charge on any atom is -0.496 e. The van der Waals surface area contributed by atoms with Crippen molar-refractivity contribution < 1.29 is 32.2 Å². The number of hydrogen-bond donors (Lipinski definition) is 1. The van der Waals surface area contributed by atoms with Crippen LogP contribution in [0.25, 0.3) is 16.6 Å². The van der Waals surface area contributed by atoms with Gasteiger partial charge < -0.3 is 19.5 Å². The summed E-state index contributed by atoms with van der Waals surface area (Å²) in [7, 11) is 1.33. The number of benzene rings is 1. The summed E-state index contributed by atoms with van der Waals surface area (Å²) in [5.74, 6) is -1.05. The minimum atomic E-state index is -3.17. The van der Waals surface area contributed by atoms with E-state index in [0.29, 0.717) is 11.1 Å². The second-order valence-electron chi connectivity index (χ2n) is 10.3. The number of nitrogens with one attached hydrogen (secondary N) is 1. The second-order valence-corrected chi connectivity index (χ2v) is 10.3. The van der Waals surface area contributed by atoms with Crippen molar-refractivity contribution in [3.05, 3.63) is 47.8 Å². The molecule has 0 radical (unpaired) electrons. The molecule has 1 saturated carbocycles. The number of ether oxygens (including phenoxy) is 3. The molecule has 0 bridgehead atoms. The van der Waals surface area contributed by atoms with Gasteiger partial charge in [-0.1, -0.05) is 19.9 Å². The molecule has 2 aromatic heterocycles. The Morgan fingerprint density at radius 1 is 1.24 bits per heavy atom. The predicted octanol–water partition coefficient (Wildman–Crippen LogP) is 4.06. The molecule has 1 aliphatic carbocycles. The molecule has 3 aromatic rings. The number of amides is 1. The largest absolute Gasteiger partial charge is 0.496 e. The summed E-state index contributed by atoms with van der Waals surface area (Å²) in [5, 5.41) is 7.00. The van der Waals surface area contributed by atoms with Crippen molar-refractivity contribution >= 4 is 11.4 Å². The Bertz CT molecular complexity index is 1320. The van der Waals surface area contributed by atoms with Crippen molar-refractivity contribution in [2.75, 3.05) is 40.0 Å². The highest BCUT2D eigenvalue weighted by Gasteiger charge is 2.40. The van der Waals surface area contributed by atoms with Crippen molar-refractivity contribution in [3.8, 4) is 22.6 Å². The molecular formula is C27H31F3N4O4. The SMILES string of the molecule is COc1cc(-c2cnn3cc(C(C)(C)CN4CCOCC4)ccc23)cc(OC(F)F)c1C(=O)NC1CC1F. The zero-order valence-electron chi connectivity index (χ0n) is 21.5. The van der Waals surface area contributed by atoms with Crippen molar-refractivity contribution in [1.29, 1.82) is 0 Å². The van der Waals surface area contributed by atoms with Gasteiger partial charge in [0.15, 0.2) is 0 Å². The van der Waals surface area contributed by atoms with E-state index in [1.54, 1.807) is 16.8 Å². The first-order valence-electron chi connectivity index (χ1n) is 12.6.